The van der Waals surface area contributed by atoms with Crippen LogP contribution in [0.1, 0.15) is 22.8 Å². The van der Waals surface area contributed by atoms with Gasteiger partial charge >= 0.3 is 0 Å². The molecule has 1 N–H and O–H groups in total. The van der Waals surface area contributed by atoms with Crippen LogP contribution >= 0.6 is 11.6 Å². The molecule has 6 heteroatoms. The van der Waals surface area contributed by atoms with Crippen LogP contribution in [0.5, 0.6) is 0 Å². The van der Waals surface area contributed by atoms with Crippen LogP contribution in [0.2, 0.25) is 5.02 Å². The highest BCUT2D eigenvalue weighted by molar-refractivity contribution is 6.30. The van der Waals surface area contributed by atoms with E-state index in [4.69, 9.17) is 16.3 Å². The number of aldehydes is 1. The van der Waals surface area contributed by atoms with Crippen LogP contribution < -0.4 is 5.32 Å². The van der Waals surface area contributed by atoms with Crippen LogP contribution in [0.3, 0.4) is 0 Å². The number of piperazine rings is 1. The van der Waals surface area contributed by atoms with Crippen molar-refractivity contribution in [2.24, 2.45) is 0 Å². The Morgan fingerprint density at radius 2 is 1.74 bits per heavy atom. The lowest BCUT2D eigenvalue weighted by Gasteiger charge is -2.28. The Morgan fingerprint density at radius 3 is 2.47 bits per heavy atom. The number of benzene rings is 3. The van der Waals surface area contributed by atoms with Gasteiger partial charge in [0.15, 0.2) is 12.5 Å². The molecule has 2 saturated heterocycles. The summed E-state index contributed by atoms with van der Waals surface area (Å²) in [5.41, 5.74) is 6.06. The molecule has 2 fully saturated rings. The quantitative estimate of drug-likeness (QED) is 0.509. The van der Waals surface area contributed by atoms with Crippen LogP contribution in [0, 0.1) is 0 Å². The smallest absolute Gasteiger partial charge is 0.168 e. The van der Waals surface area contributed by atoms with E-state index in [1.54, 1.807) is 0 Å². The Labute approximate surface area is 206 Å². The number of nitrogens with zero attached hydrogens (tertiary/aromatic N) is 2. The third-order valence-corrected chi connectivity index (χ3v) is 6.92. The number of hydrogen-bond donors (Lipinski definition) is 1. The van der Waals surface area contributed by atoms with Crippen molar-refractivity contribution in [2.75, 3.05) is 32.7 Å². The number of carbonyl (C=O) groups is 1. The molecule has 176 valence electrons. The predicted octanol–water partition coefficient (Wildman–Crippen LogP) is 4.51. The first-order chi connectivity index (χ1) is 16.7. The van der Waals surface area contributed by atoms with Gasteiger partial charge in [0.25, 0.3) is 0 Å². The normalized spacial score (nSPS) is 21.6. The van der Waals surface area contributed by atoms with Gasteiger partial charge in [0.2, 0.25) is 0 Å². The Balaban J connectivity index is 1.37. The van der Waals surface area contributed by atoms with Crippen molar-refractivity contribution in [2.45, 2.75) is 25.4 Å². The van der Waals surface area contributed by atoms with Gasteiger partial charge in [-0.3, -0.25) is 14.6 Å². The molecule has 0 aromatic heterocycles. The van der Waals surface area contributed by atoms with Gasteiger partial charge in [-0.1, -0.05) is 72.3 Å². The standard InChI is InChI=1S/C28H30ClN3O2/c29-25-9-7-23(8-10-25)27-19-32(28(20-33)34-27)17-21-6-11-26(22-4-2-1-3-5-22)24(16-21)18-31-14-12-30-13-15-31/h1-11,16,20,27-28,30H,12-15,17-19H2/t27-,28?/m0/s1. The molecule has 0 saturated carbocycles. The Bertz CT molecular complexity index is 1100. The fourth-order valence-corrected chi connectivity index (χ4v) is 4.99. The molecule has 2 heterocycles. The maximum absolute atomic E-state index is 11.8. The van der Waals surface area contributed by atoms with E-state index in [0.29, 0.717) is 18.1 Å². The summed E-state index contributed by atoms with van der Waals surface area (Å²) in [5, 5.41) is 4.13. The minimum absolute atomic E-state index is 0.142. The minimum atomic E-state index is -0.550. The monoisotopic (exact) mass is 475 g/mol. The zero-order valence-corrected chi connectivity index (χ0v) is 20.0. The first kappa shape index (κ1) is 23.2. The van der Waals surface area contributed by atoms with Crippen molar-refractivity contribution >= 4 is 17.9 Å². The third kappa shape index (κ3) is 5.40. The van der Waals surface area contributed by atoms with Crippen molar-refractivity contribution in [1.29, 1.82) is 0 Å². The molecule has 2 atom stereocenters. The van der Waals surface area contributed by atoms with Crippen molar-refractivity contribution in [3.63, 3.8) is 0 Å². The van der Waals surface area contributed by atoms with Crippen molar-refractivity contribution in [1.82, 2.24) is 15.1 Å². The largest absolute Gasteiger partial charge is 0.347 e. The van der Waals surface area contributed by atoms with E-state index in [0.717, 1.165) is 44.6 Å². The molecule has 2 aliphatic rings. The second-order valence-electron chi connectivity index (χ2n) is 9.02. The zero-order chi connectivity index (χ0) is 23.3. The summed E-state index contributed by atoms with van der Waals surface area (Å²) in [6.45, 7) is 6.40. The van der Waals surface area contributed by atoms with Crippen molar-refractivity contribution in [3.8, 4) is 11.1 Å². The van der Waals surface area contributed by atoms with Gasteiger partial charge in [-0.15, -0.1) is 0 Å². The van der Waals surface area contributed by atoms with Crippen molar-refractivity contribution < 1.29 is 9.53 Å². The molecule has 2 aliphatic heterocycles. The average molecular weight is 476 g/mol. The topological polar surface area (TPSA) is 44.8 Å². The van der Waals surface area contributed by atoms with Gasteiger partial charge in [0.05, 0.1) is 6.10 Å². The molecule has 0 aliphatic carbocycles. The molecule has 5 nitrogen and oxygen atoms in total. The third-order valence-electron chi connectivity index (χ3n) is 6.67. The van der Waals surface area contributed by atoms with Gasteiger partial charge in [-0.25, -0.2) is 0 Å². The second-order valence-corrected chi connectivity index (χ2v) is 9.45. The molecule has 1 unspecified atom stereocenters. The molecule has 3 aromatic carbocycles. The molecular weight excluding hydrogens is 446 g/mol. The highest BCUT2D eigenvalue weighted by atomic mass is 35.5. The zero-order valence-electron chi connectivity index (χ0n) is 19.2. The fourth-order valence-electron chi connectivity index (χ4n) is 4.87. The molecule has 3 aromatic rings. The van der Waals surface area contributed by atoms with E-state index in [9.17, 15) is 4.79 Å². The fraction of sp³-hybridized carbons (Fsp3) is 0.321. The SMILES string of the molecule is O=CC1O[C@H](c2ccc(Cl)cc2)CN1Cc1ccc(-c2ccccc2)c(CN2CCNCC2)c1. The summed E-state index contributed by atoms with van der Waals surface area (Å²) in [5.74, 6) is 0. The van der Waals surface area contributed by atoms with Crippen molar-refractivity contribution in [3.05, 3.63) is 94.5 Å². The van der Waals surface area contributed by atoms with Gasteiger partial charge in [-0.05, 0) is 39.9 Å². The van der Waals surface area contributed by atoms with Crippen LogP contribution in [0.4, 0.5) is 0 Å². The minimum Gasteiger partial charge on any atom is -0.347 e. The molecule has 5 rings (SSSR count). The van der Waals surface area contributed by atoms with E-state index >= 15 is 0 Å². The van der Waals surface area contributed by atoms with E-state index in [1.165, 1.54) is 22.3 Å². The highest BCUT2D eigenvalue weighted by Gasteiger charge is 2.33. The summed E-state index contributed by atoms with van der Waals surface area (Å²) >= 11 is 6.04. The Hall–Kier alpha value is -2.54. The predicted molar refractivity (Wildman–Crippen MR) is 136 cm³/mol. The van der Waals surface area contributed by atoms with E-state index in [2.05, 4.69) is 63.6 Å². The summed E-state index contributed by atoms with van der Waals surface area (Å²) in [6.07, 6.45) is 0.207. The number of rotatable bonds is 7. The molecule has 0 radical (unpaired) electrons. The summed E-state index contributed by atoms with van der Waals surface area (Å²) in [4.78, 5) is 16.4. The van der Waals surface area contributed by atoms with E-state index < -0.39 is 6.23 Å². The van der Waals surface area contributed by atoms with E-state index in [-0.39, 0.29) is 6.10 Å². The molecule has 0 spiro atoms. The Kier molecular flexibility index (Phi) is 7.38. The average Bonchev–Trinajstić information content (AvgIpc) is 3.28. The first-order valence-corrected chi connectivity index (χ1v) is 12.3. The lowest BCUT2D eigenvalue weighted by molar-refractivity contribution is -0.123. The van der Waals surface area contributed by atoms with Crippen LogP contribution in [0.25, 0.3) is 11.1 Å². The summed E-state index contributed by atoms with van der Waals surface area (Å²) in [6, 6.07) is 25.0. The van der Waals surface area contributed by atoms with Crippen LogP contribution in [-0.4, -0.2) is 55.0 Å². The molecule has 0 amide bonds. The van der Waals surface area contributed by atoms with Gasteiger partial charge in [0, 0.05) is 50.8 Å². The maximum atomic E-state index is 11.8. The second kappa shape index (κ2) is 10.8. The number of hydrogen-bond acceptors (Lipinski definition) is 5. The van der Waals surface area contributed by atoms with Gasteiger partial charge in [-0.2, -0.15) is 0 Å². The molecular formula is C28H30ClN3O2. The lowest BCUT2D eigenvalue weighted by Crippen LogP contribution is -2.43. The summed E-state index contributed by atoms with van der Waals surface area (Å²) in [7, 11) is 0. The van der Waals surface area contributed by atoms with Crippen LogP contribution in [-0.2, 0) is 22.6 Å². The number of carbonyl (C=O) groups excluding carboxylic acids is 1. The maximum Gasteiger partial charge on any atom is 0.168 e. The first-order valence-electron chi connectivity index (χ1n) is 11.9. The molecule has 34 heavy (non-hydrogen) atoms. The van der Waals surface area contributed by atoms with E-state index in [1.807, 2.05) is 24.3 Å². The lowest BCUT2D eigenvalue weighted by atomic mass is 9.96. The number of nitrogens with one attached hydrogen (secondary N) is 1. The highest BCUT2D eigenvalue weighted by Crippen LogP contribution is 2.32. The number of halogens is 1. The van der Waals surface area contributed by atoms with Crippen LogP contribution in [0.15, 0.2) is 72.8 Å². The van der Waals surface area contributed by atoms with Gasteiger partial charge in [0.1, 0.15) is 0 Å². The number of ether oxygens (including phenoxy) is 1. The molecule has 0 bridgehead atoms. The summed E-state index contributed by atoms with van der Waals surface area (Å²) < 4.78 is 6.07. The van der Waals surface area contributed by atoms with Gasteiger partial charge < -0.3 is 10.1 Å². The Morgan fingerprint density at radius 1 is 0.971 bits per heavy atom.